The van der Waals surface area contributed by atoms with E-state index in [0.717, 1.165) is 0 Å². The number of nitrogens with two attached hydrogens (primary N) is 1. The third kappa shape index (κ3) is 7.40. The summed E-state index contributed by atoms with van der Waals surface area (Å²) in [6.07, 6.45) is 0. The summed E-state index contributed by atoms with van der Waals surface area (Å²) < 4.78 is 15.8. The molecular formula is C5H11N2O4P. The second-order valence-corrected chi connectivity index (χ2v) is 2.50. The minimum atomic E-state index is -0.559. The maximum absolute atomic E-state index is 10.6. The molecule has 1 atom stereocenters. The fourth-order valence-corrected chi connectivity index (χ4v) is 0.767. The second kappa shape index (κ2) is 6.97. The molecule has 0 fully saturated rings. The number of likely N-dealkylation sites (N-methyl/N-ethyl adjacent to an activating group) is 1. The number of hydrogen-bond acceptors (Lipinski definition) is 4. The van der Waals surface area contributed by atoms with Crippen molar-refractivity contribution in [2.45, 2.75) is 0 Å². The van der Waals surface area contributed by atoms with Crippen LogP contribution in [-0.2, 0) is 18.6 Å². The number of nitrogens with one attached hydrogen (secondary N) is 1. The molecule has 70 valence electrons. The van der Waals surface area contributed by atoms with Crippen LogP contribution in [0.25, 0.3) is 0 Å². The Labute approximate surface area is 73.2 Å². The molecule has 2 amide bonds. The van der Waals surface area contributed by atoms with Gasteiger partial charge in [0.2, 0.25) is 11.8 Å². The van der Waals surface area contributed by atoms with Crippen molar-refractivity contribution in [3.8, 4) is 0 Å². The summed E-state index contributed by atoms with van der Waals surface area (Å²) in [5, 5.41) is 2.35. The average Bonchev–Trinajstić information content (AvgIpc) is 2.16. The lowest BCUT2D eigenvalue weighted by Gasteiger charge is -2.01. The summed E-state index contributed by atoms with van der Waals surface area (Å²) in [6, 6.07) is 0. The van der Waals surface area contributed by atoms with Crippen molar-refractivity contribution in [3.63, 3.8) is 0 Å². The van der Waals surface area contributed by atoms with Gasteiger partial charge in [0, 0.05) is 7.05 Å². The van der Waals surface area contributed by atoms with E-state index in [1.54, 1.807) is 5.73 Å². The molecule has 0 aliphatic carbocycles. The Kier molecular flexibility index (Phi) is 5.45. The lowest BCUT2D eigenvalue weighted by molar-refractivity contribution is -0.122. The molecule has 0 spiro atoms. The van der Waals surface area contributed by atoms with Gasteiger partial charge in [0.05, 0.1) is 0 Å². The Bertz CT molecular complexity index is 162. The SMILES string of the molecule is [3H]NC(=O)COPOCC(=O)NC. The number of primary amides is 1. The Morgan fingerprint density at radius 2 is 2.25 bits per heavy atom. The number of carbonyl (C=O) groups is 2. The highest BCUT2D eigenvalue weighted by atomic mass is 31.1. The van der Waals surface area contributed by atoms with Crippen LogP contribution < -0.4 is 11.0 Å². The molecule has 0 radical (unpaired) electrons. The van der Waals surface area contributed by atoms with Gasteiger partial charge in [-0.3, -0.25) is 9.59 Å². The van der Waals surface area contributed by atoms with Gasteiger partial charge in [-0.2, -0.15) is 0 Å². The highest BCUT2D eigenvalue weighted by Gasteiger charge is 1.98. The summed E-state index contributed by atoms with van der Waals surface area (Å²) in [5.41, 5.74) is 1.63. The predicted octanol–water partition coefficient (Wildman–Crippen LogP) is -1.24. The van der Waals surface area contributed by atoms with E-state index in [4.69, 9.17) is 5.94 Å². The molecule has 0 aromatic rings. The van der Waals surface area contributed by atoms with Crippen LogP contribution in [0.1, 0.15) is 0 Å². The topological polar surface area (TPSA) is 90.7 Å². The molecule has 0 aliphatic rings. The molecule has 0 bridgehead atoms. The summed E-state index contributed by atoms with van der Waals surface area (Å²) in [5.74, 6) is -0.822. The number of amides is 2. The minimum Gasteiger partial charge on any atom is -0.368 e. The fourth-order valence-electron chi connectivity index (χ4n) is 0.304. The van der Waals surface area contributed by atoms with E-state index in [1.807, 2.05) is 0 Å². The van der Waals surface area contributed by atoms with Gasteiger partial charge in [0.15, 0.2) is 10.4 Å². The maximum Gasteiger partial charge on any atom is 0.246 e. The van der Waals surface area contributed by atoms with Crippen molar-refractivity contribution in [2.75, 3.05) is 20.3 Å². The summed E-state index contributed by atoms with van der Waals surface area (Å²) >= 11 is 0. The van der Waals surface area contributed by atoms with Crippen LogP contribution in [0.2, 0.25) is 1.41 Å². The molecule has 0 saturated carbocycles. The van der Waals surface area contributed by atoms with E-state index in [9.17, 15) is 9.59 Å². The van der Waals surface area contributed by atoms with E-state index >= 15 is 0 Å². The predicted molar refractivity (Wildman–Crippen MR) is 43.5 cm³/mol. The third-order valence-corrected chi connectivity index (χ3v) is 1.33. The van der Waals surface area contributed by atoms with Crippen LogP contribution in [0.5, 0.6) is 0 Å². The molecule has 1 unspecified atom stereocenters. The first kappa shape index (κ1) is 9.38. The van der Waals surface area contributed by atoms with Crippen LogP contribution in [0.15, 0.2) is 0 Å². The Balaban J connectivity index is 3.17. The highest BCUT2D eigenvalue weighted by molar-refractivity contribution is 7.26. The van der Waals surface area contributed by atoms with E-state index in [0.29, 0.717) is 0 Å². The Morgan fingerprint density at radius 1 is 1.58 bits per heavy atom. The molecular weight excluding hydrogens is 183 g/mol. The number of hydrogen-bond donors (Lipinski definition) is 2. The van der Waals surface area contributed by atoms with Crippen molar-refractivity contribution < 1.29 is 20.0 Å². The van der Waals surface area contributed by atoms with Gasteiger partial charge in [-0.15, -0.1) is 0 Å². The largest absolute Gasteiger partial charge is 0.368 e. The molecule has 6 nitrogen and oxygen atoms in total. The number of rotatable bonds is 6. The Morgan fingerprint density at radius 3 is 2.83 bits per heavy atom. The van der Waals surface area contributed by atoms with Crippen LogP contribution >= 0.6 is 9.03 Å². The quantitative estimate of drug-likeness (QED) is 0.410. The molecule has 0 saturated heterocycles. The van der Waals surface area contributed by atoms with Gasteiger partial charge < -0.3 is 20.1 Å². The third-order valence-electron chi connectivity index (χ3n) is 0.803. The normalized spacial score (nSPS) is 11.2. The van der Waals surface area contributed by atoms with Crippen LogP contribution in [0.3, 0.4) is 0 Å². The minimum absolute atomic E-state index is 0.0998. The van der Waals surface area contributed by atoms with Crippen molar-refractivity contribution in [1.82, 2.24) is 5.32 Å². The Hall–Kier alpha value is -0.710. The second-order valence-electron chi connectivity index (χ2n) is 1.76. The van der Waals surface area contributed by atoms with Crippen LogP contribution in [0.4, 0.5) is 0 Å². The molecule has 7 heteroatoms. The lowest BCUT2D eigenvalue weighted by Crippen LogP contribution is -2.22. The van der Waals surface area contributed by atoms with Gasteiger partial charge in [-0.05, 0) is 0 Å². The van der Waals surface area contributed by atoms with Gasteiger partial charge in [0.25, 0.3) is 0 Å². The van der Waals surface area contributed by atoms with Crippen LogP contribution in [-0.4, -0.2) is 32.1 Å². The zero-order valence-corrected chi connectivity index (χ0v) is 7.55. The van der Waals surface area contributed by atoms with Gasteiger partial charge >= 0.3 is 0 Å². The monoisotopic (exact) mass is 196 g/mol. The summed E-state index contributed by atoms with van der Waals surface area (Å²) in [4.78, 5) is 21.0. The van der Waals surface area contributed by atoms with E-state index < -0.39 is 5.91 Å². The van der Waals surface area contributed by atoms with Gasteiger partial charge in [-0.1, -0.05) is 0 Å². The summed E-state index contributed by atoms with van der Waals surface area (Å²) in [7, 11) is 1.11. The summed E-state index contributed by atoms with van der Waals surface area (Å²) in [6.45, 7) is -0.340. The molecule has 3 N–H and O–H groups in total. The van der Waals surface area contributed by atoms with E-state index in [2.05, 4.69) is 9.84 Å². The molecule has 12 heavy (non-hydrogen) atoms. The van der Waals surface area contributed by atoms with Gasteiger partial charge in [0.1, 0.15) is 13.2 Å². The first-order valence-corrected chi connectivity index (χ1v) is 3.92. The first-order valence-electron chi connectivity index (χ1n) is 3.60. The van der Waals surface area contributed by atoms with E-state index in [-0.39, 0.29) is 28.2 Å². The average molecular weight is 196 g/mol. The molecule has 0 aromatic carbocycles. The fraction of sp³-hybridized carbons (Fsp3) is 0.600. The molecule has 0 aliphatic heterocycles. The first-order chi connectivity index (χ1) is 6.20. The molecule has 0 heterocycles. The zero-order chi connectivity index (χ0) is 10.1. The van der Waals surface area contributed by atoms with Crippen molar-refractivity contribution in [3.05, 3.63) is 0 Å². The van der Waals surface area contributed by atoms with Crippen molar-refractivity contribution in [1.29, 1.82) is 0 Å². The molecule has 0 aromatic heterocycles. The highest BCUT2D eigenvalue weighted by Crippen LogP contribution is 2.11. The standard InChI is InChI=1S/C5H11N2O4P/c1-7-5(9)3-11-12-10-2-4(6)8/h12H,2-3H2,1H3,(H2,6,8)(H,7,9)/i/hT. The van der Waals surface area contributed by atoms with E-state index in [1.165, 1.54) is 7.05 Å². The smallest absolute Gasteiger partial charge is 0.246 e. The van der Waals surface area contributed by atoms with Crippen molar-refractivity contribution in [2.24, 2.45) is 5.73 Å². The zero-order valence-electron chi connectivity index (χ0n) is 7.55. The number of carbonyl (C=O) groups excluding carboxylic acids is 2. The lowest BCUT2D eigenvalue weighted by atomic mass is 10.7. The maximum atomic E-state index is 10.6. The van der Waals surface area contributed by atoms with Crippen molar-refractivity contribution >= 4 is 20.8 Å². The van der Waals surface area contributed by atoms with Gasteiger partial charge in [-0.25, -0.2) is 0 Å². The molecule has 0 rings (SSSR count). The van der Waals surface area contributed by atoms with Crippen LogP contribution in [0, 0.1) is 0 Å².